The first kappa shape index (κ1) is 12.0. The molecule has 0 unspecified atom stereocenters. The van der Waals surface area contributed by atoms with Crippen molar-refractivity contribution in [3.63, 3.8) is 0 Å². The number of para-hydroxylation sites is 1. The number of benzene rings is 2. The van der Waals surface area contributed by atoms with Gasteiger partial charge in [0.15, 0.2) is 0 Å². The van der Waals surface area contributed by atoms with Crippen LogP contribution in [0.3, 0.4) is 0 Å². The summed E-state index contributed by atoms with van der Waals surface area (Å²) in [5.74, 6) is 0. The molecule has 0 bridgehead atoms. The van der Waals surface area contributed by atoms with Gasteiger partial charge in [-0.2, -0.15) is 0 Å². The molecule has 2 nitrogen and oxygen atoms in total. The number of hydrogen-bond donors (Lipinski definition) is 1. The van der Waals surface area contributed by atoms with Gasteiger partial charge < -0.3 is 4.98 Å². The van der Waals surface area contributed by atoms with E-state index >= 15 is 0 Å². The Morgan fingerprint density at radius 2 is 1.58 bits per heavy atom. The van der Waals surface area contributed by atoms with Gasteiger partial charge in [0.05, 0.1) is 0 Å². The van der Waals surface area contributed by atoms with Crippen molar-refractivity contribution >= 4 is 21.7 Å². The molecule has 2 heteroatoms. The maximum atomic E-state index is 12.2. The van der Waals surface area contributed by atoms with Gasteiger partial charge in [-0.05, 0) is 23.1 Å². The summed E-state index contributed by atoms with van der Waals surface area (Å²) in [6, 6.07) is 14.0. The normalized spacial score (nSPS) is 12.2. The van der Waals surface area contributed by atoms with Crippen molar-refractivity contribution in [1.82, 2.24) is 4.98 Å². The first-order chi connectivity index (χ1) is 8.98. The molecule has 0 amide bonds. The second kappa shape index (κ2) is 3.95. The van der Waals surface area contributed by atoms with E-state index in [1.165, 1.54) is 5.56 Å². The highest BCUT2D eigenvalue weighted by Gasteiger charge is 2.19. The minimum atomic E-state index is -0.0141. The van der Waals surface area contributed by atoms with E-state index in [2.05, 4.69) is 37.9 Å². The van der Waals surface area contributed by atoms with Crippen LogP contribution in [0.4, 0.5) is 0 Å². The van der Waals surface area contributed by atoms with Crippen molar-refractivity contribution in [3.05, 3.63) is 58.4 Å². The molecule has 2 aromatic carbocycles. The van der Waals surface area contributed by atoms with Crippen molar-refractivity contribution in [3.8, 4) is 0 Å². The maximum Gasteiger partial charge on any atom is 0.256 e. The van der Waals surface area contributed by atoms with E-state index in [9.17, 15) is 4.79 Å². The van der Waals surface area contributed by atoms with Crippen LogP contribution in [0.2, 0.25) is 0 Å². The Balaban J connectivity index is 2.64. The summed E-state index contributed by atoms with van der Waals surface area (Å²) in [7, 11) is 0. The first-order valence-electron chi connectivity index (χ1n) is 6.53. The molecule has 0 radical (unpaired) electrons. The smallest absolute Gasteiger partial charge is 0.256 e. The number of aromatic amines is 1. The highest BCUT2D eigenvalue weighted by Crippen LogP contribution is 2.32. The second-order valence-corrected chi connectivity index (χ2v) is 5.98. The van der Waals surface area contributed by atoms with Crippen LogP contribution >= 0.6 is 0 Å². The van der Waals surface area contributed by atoms with Gasteiger partial charge in [-0.3, -0.25) is 4.79 Å². The van der Waals surface area contributed by atoms with Crippen molar-refractivity contribution in [2.75, 3.05) is 0 Å². The molecule has 3 aromatic rings. The number of pyridine rings is 1. The number of rotatable bonds is 0. The monoisotopic (exact) mass is 251 g/mol. The van der Waals surface area contributed by atoms with Crippen LogP contribution in [-0.4, -0.2) is 4.98 Å². The lowest BCUT2D eigenvalue weighted by Crippen LogP contribution is -2.14. The zero-order valence-corrected chi connectivity index (χ0v) is 11.4. The zero-order valence-electron chi connectivity index (χ0n) is 11.4. The van der Waals surface area contributed by atoms with Crippen LogP contribution in [-0.2, 0) is 5.41 Å². The number of aromatic nitrogens is 1. The summed E-state index contributed by atoms with van der Waals surface area (Å²) in [6.07, 6.45) is 0. The van der Waals surface area contributed by atoms with Gasteiger partial charge in [0, 0.05) is 21.7 Å². The number of fused-ring (bicyclic) bond motifs is 3. The molecule has 0 saturated carbocycles. The molecule has 96 valence electrons. The number of nitrogens with one attached hydrogen (secondary N) is 1. The Hall–Kier alpha value is -2.09. The van der Waals surface area contributed by atoms with Gasteiger partial charge in [-0.1, -0.05) is 51.1 Å². The third kappa shape index (κ3) is 1.84. The zero-order chi connectivity index (χ0) is 13.6. The largest absolute Gasteiger partial charge is 0.321 e. The molecule has 0 aliphatic heterocycles. The third-order valence-corrected chi connectivity index (χ3v) is 3.56. The van der Waals surface area contributed by atoms with E-state index in [0.717, 1.165) is 21.7 Å². The van der Waals surface area contributed by atoms with Crippen LogP contribution in [0, 0.1) is 0 Å². The Morgan fingerprint density at radius 1 is 0.895 bits per heavy atom. The van der Waals surface area contributed by atoms with Crippen molar-refractivity contribution in [2.24, 2.45) is 0 Å². The molecule has 19 heavy (non-hydrogen) atoms. The van der Waals surface area contributed by atoms with Crippen LogP contribution in [0.5, 0.6) is 0 Å². The predicted molar refractivity (Wildman–Crippen MR) is 80.8 cm³/mol. The van der Waals surface area contributed by atoms with Gasteiger partial charge in [-0.15, -0.1) is 0 Å². The fourth-order valence-electron chi connectivity index (χ4n) is 2.66. The molecule has 0 saturated heterocycles. The van der Waals surface area contributed by atoms with Gasteiger partial charge >= 0.3 is 0 Å². The molecule has 3 rings (SSSR count). The Bertz CT molecular complexity index is 822. The lowest BCUT2D eigenvalue weighted by molar-refractivity contribution is 0.596. The highest BCUT2D eigenvalue weighted by atomic mass is 16.1. The maximum absolute atomic E-state index is 12.2. The lowest BCUT2D eigenvalue weighted by atomic mass is 9.83. The predicted octanol–water partition coefficient (Wildman–Crippen LogP) is 3.98. The minimum Gasteiger partial charge on any atom is -0.321 e. The van der Waals surface area contributed by atoms with E-state index < -0.39 is 0 Å². The quantitative estimate of drug-likeness (QED) is 0.602. The summed E-state index contributed by atoms with van der Waals surface area (Å²) < 4.78 is 0. The molecule has 0 aliphatic rings. The van der Waals surface area contributed by atoms with Crippen molar-refractivity contribution in [2.45, 2.75) is 26.2 Å². The van der Waals surface area contributed by atoms with E-state index in [1.807, 2.05) is 30.3 Å². The van der Waals surface area contributed by atoms with E-state index in [4.69, 9.17) is 0 Å². The average molecular weight is 251 g/mol. The number of H-pyrrole nitrogens is 1. The average Bonchev–Trinajstić information content (AvgIpc) is 2.37. The SMILES string of the molecule is CC(C)(C)c1cccc2c(=O)[nH]c3ccccc3c12. The molecule has 1 N–H and O–H groups in total. The van der Waals surface area contributed by atoms with Crippen molar-refractivity contribution < 1.29 is 0 Å². The van der Waals surface area contributed by atoms with Crippen LogP contribution in [0.1, 0.15) is 26.3 Å². The summed E-state index contributed by atoms with van der Waals surface area (Å²) in [6.45, 7) is 6.53. The van der Waals surface area contributed by atoms with Crippen LogP contribution in [0.25, 0.3) is 21.7 Å². The van der Waals surface area contributed by atoms with Crippen LogP contribution in [0.15, 0.2) is 47.3 Å². The topological polar surface area (TPSA) is 32.9 Å². The Morgan fingerprint density at radius 3 is 2.32 bits per heavy atom. The molecule has 0 fully saturated rings. The molecular weight excluding hydrogens is 234 g/mol. The standard InChI is InChI=1S/C17H17NO/c1-17(2,3)13-9-6-8-12-15(13)11-7-4-5-10-14(11)18-16(12)19/h4-10H,1-3H3,(H,18,19). The molecule has 1 heterocycles. The highest BCUT2D eigenvalue weighted by molar-refractivity contribution is 6.07. The fraction of sp³-hybridized carbons (Fsp3) is 0.235. The van der Waals surface area contributed by atoms with E-state index in [0.29, 0.717) is 0 Å². The summed E-state index contributed by atoms with van der Waals surface area (Å²) in [4.78, 5) is 15.2. The molecule has 0 atom stereocenters. The summed E-state index contributed by atoms with van der Waals surface area (Å²) >= 11 is 0. The molecular formula is C17H17NO. The van der Waals surface area contributed by atoms with Gasteiger partial charge in [-0.25, -0.2) is 0 Å². The number of hydrogen-bond acceptors (Lipinski definition) is 1. The lowest BCUT2D eigenvalue weighted by Gasteiger charge is -2.22. The summed E-state index contributed by atoms with van der Waals surface area (Å²) in [5, 5.41) is 2.96. The van der Waals surface area contributed by atoms with E-state index in [-0.39, 0.29) is 11.0 Å². The molecule has 0 aliphatic carbocycles. The van der Waals surface area contributed by atoms with Gasteiger partial charge in [0.2, 0.25) is 0 Å². The first-order valence-corrected chi connectivity index (χ1v) is 6.53. The van der Waals surface area contributed by atoms with E-state index in [1.54, 1.807) is 0 Å². The summed E-state index contributed by atoms with van der Waals surface area (Å²) in [5.41, 5.74) is 2.11. The third-order valence-electron chi connectivity index (χ3n) is 3.56. The van der Waals surface area contributed by atoms with Gasteiger partial charge in [0.25, 0.3) is 5.56 Å². The fourth-order valence-corrected chi connectivity index (χ4v) is 2.66. The van der Waals surface area contributed by atoms with Crippen LogP contribution < -0.4 is 5.56 Å². The minimum absolute atomic E-state index is 0.00999. The second-order valence-electron chi connectivity index (χ2n) is 5.98. The Kier molecular flexibility index (Phi) is 2.49. The van der Waals surface area contributed by atoms with Crippen molar-refractivity contribution in [1.29, 1.82) is 0 Å². The molecule has 1 aromatic heterocycles. The Labute approximate surface area is 112 Å². The van der Waals surface area contributed by atoms with Gasteiger partial charge in [0.1, 0.15) is 0 Å². The molecule has 0 spiro atoms.